The van der Waals surface area contributed by atoms with E-state index in [4.69, 9.17) is 30.8 Å². The van der Waals surface area contributed by atoms with Crippen LogP contribution in [0.25, 0.3) is 0 Å². The SMILES string of the molecule is COc1ccc([C@H]2C[C@@H](c3cccc(Cl)c3)OO2)c(OC)c1. The number of benzene rings is 2. The Balaban J connectivity index is 1.80. The maximum Gasteiger partial charge on any atom is 0.128 e. The molecule has 22 heavy (non-hydrogen) atoms. The van der Waals surface area contributed by atoms with Gasteiger partial charge in [0.15, 0.2) is 0 Å². The van der Waals surface area contributed by atoms with E-state index in [0.717, 1.165) is 22.6 Å². The highest BCUT2D eigenvalue weighted by molar-refractivity contribution is 6.30. The first-order valence-corrected chi connectivity index (χ1v) is 7.38. The van der Waals surface area contributed by atoms with Crippen molar-refractivity contribution in [1.29, 1.82) is 0 Å². The summed E-state index contributed by atoms with van der Waals surface area (Å²) < 4.78 is 10.6. The van der Waals surface area contributed by atoms with E-state index in [1.165, 1.54) is 0 Å². The summed E-state index contributed by atoms with van der Waals surface area (Å²) in [5.41, 5.74) is 1.94. The molecule has 116 valence electrons. The molecule has 1 aliphatic rings. The van der Waals surface area contributed by atoms with Gasteiger partial charge in [-0.1, -0.05) is 23.7 Å². The Labute approximate surface area is 134 Å². The molecule has 1 saturated heterocycles. The normalized spacial score (nSPS) is 20.9. The highest BCUT2D eigenvalue weighted by atomic mass is 35.5. The van der Waals surface area contributed by atoms with Crippen molar-refractivity contribution < 1.29 is 19.2 Å². The second-order valence-electron chi connectivity index (χ2n) is 5.07. The Hall–Kier alpha value is -1.75. The molecule has 0 unspecified atom stereocenters. The van der Waals surface area contributed by atoms with E-state index in [-0.39, 0.29) is 12.2 Å². The van der Waals surface area contributed by atoms with E-state index in [1.54, 1.807) is 14.2 Å². The Morgan fingerprint density at radius 1 is 1.00 bits per heavy atom. The lowest BCUT2D eigenvalue weighted by Gasteiger charge is -2.13. The fourth-order valence-electron chi connectivity index (χ4n) is 2.57. The number of ether oxygens (including phenoxy) is 2. The van der Waals surface area contributed by atoms with Gasteiger partial charge in [0.1, 0.15) is 23.7 Å². The predicted octanol–water partition coefficient (Wildman–Crippen LogP) is 4.49. The first-order chi connectivity index (χ1) is 10.7. The summed E-state index contributed by atoms with van der Waals surface area (Å²) in [5, 5.41) is 0.687. The van der Waals surface area contributed by atoms with Crippen molar-refractivity contribution in [2.75, 3.05) is 14.2 Å². The molecule has 1 heterocycles. The van der Waals surface area contributed by atoms with E-state index in [9.17, 15) is 0 Å². The average Bonchev–Trinajstić information content (AvgIpc) is 3.04. The van der Waals surface area contributed by atoms with Crippen molar-refractivity contribution >= 4 is 11.6 Å². The minimum absolute atomic E-state index is 0.143. The van der Waals surface area contributed by atoms with Crippen LogP contribution in [0.3, 0.4) is 0 Å². The van der Waals surface area contributed by atoms with Gasteiger partial charge in [0.05, 0.1) is 14.2 Å². The lowest BCUT2D eigenvalue weighted by Crippen LogP contribution is -2.00. The fourth-order valence-corrected chi connectivity index (χ4v) is 2.77. The molecule has 1 fully saturated rings. The van der Waals surface area contributed by atoms with Crippen LogP contribution in [0, 0.1) is 0 Å². The summed E-state index contributed by atoms with van der Waals surface area (Å²) in [4.78, 5) is 11.0. The largest absolute Gasteiger partial charge is 0.497 e. The molecule has 0 bridgehead atoms. The average molecular weight is 321 g/mol. The zero-order valence-electron chi connectivity index (χ0n) is 12.4. The molecule has 0 saturated carbocycles. The van der Waals surface area contributed by atoms with Gasteiger partial charge in [-0.3, -0.25) is 0 Å². The molecule has 0 amide bonds. The Bertz CT molecular complexity index is 659. The molecular weight excluding hydrogens is 304 g/mol. The van der Waals surface area contributed by atoms with Crippen LogP contribution in [0.15, 0.2) is 42.5 Å². The van der Waals surface area contributed by atoms with Gasteiger partial charge < -0.3 is 9.47 Å². The van der Waals surface area contributed by atoms with E-state index in [2.05, 4.69) is 0 Å². The molecule has 0 spiro atoms. The lowest BCUT2D eigenvalue weighted by atomic mass is 9.99. The molecule has 3 rings (SSSR count). The van der Waals surface area contributed by atoms with Gasteiger partial charge in [-0.2, -0.15) is 0 Å². The maximum absolute atomic E-state index is 6.03. The number of methoxy groups -OCH3 is 2. The summed E-state index contributed by atoms with van der Waals surface area (Å²) in [5.74, 6) is 1.46. The molecule has 0 aliphatic carbocycles. The fraction of sp³-hybridized carbons (Fsp3) is 0.294. The molecule has 2 atom stereocenters. The molecule has 0 N–H and O–H groups in total. The van der Waals surface area contributed by atoms with E-state index >= 15 is 0 Å². The van der Waals surface area contributed by atoms with Gasteiger partial charge in [-0.05, 0) is 29.8 Å². The second-order valence-corrected chi connectivity index (χ2v) is 5.50. The highest BCUT2D eigenvalue weighted by Crippen LogP contribution is 2.43. The number of halogens is 1. The molecule has 5 heteroatoms. The van der Waals surface area contributed by atoms with Crippen LogP contribution in [-0.2, 0) is 9.78 Å². The molecule has 0 radical (unpaired) electrons. The van der Waals surface area contributed by atoms with Crippen molar-refractivity contribution in [3.05, 3.63) is 58.6 Å². The predicted molar refractivity (Wildman–Crippen MR) is 83.3 cm³/mol. The lowest BCUT2D eigenvalue weighted by molar-refractivity contribution is -0.300. The molecule has 2 aromatic carbocycles. The van der Waals surface area contributed by atoms with Crippen molar-refractivity contribution in [1.82, 2.24) is 0 Å². The summed E-state index contributed by atoms with van der Waals surface area (Å²) in [7, 11) is 3.25. The molecule has 2 aromatic rings. The van der Waals surface area contributed by atoms with Gasteiger partial charge in [0.2, 0.25) is 0 Å². The van der Waals surface area contributed by atoms with Crippen molar-refractivity contribution in [3.8, 4) is 11.5 Å². The number of hydrogen-bond donors (Lipinski definition) is 0. The summed E-state index contributed by atoms with van der Waals surface area (Å²) in [6.07, 6.45) is 0.364. The van der Waals surface area contributed by atoms with Crippen molar-refractivity contribution in [2.45, 2.75) is 18.6 Å². The summed E-state index contributed by atoms with van der Waals surface area (Å²) >= 11 is 6.03. The van der Waals surface area contributed by atoms with Crippen molar-refractivity contribution in [2.24, 2.45) is 0 Å². The van der Waals surface area contributed by atoms with Gasteiger partial charge in [0, 0.05) is 23.1 Å². The third-order valence-corrected chi connectivity index (χ3v) is 3.96. The first kappa shape index (κ1) is 15.2. The monoisotopic (exact) mass is 320 g/mol. The number of rotatable bonds is 4. The standard InChI is InChI=1S/C17H17ClO4/c1-19-13-6-7-14(16(9-13)20-2)17-10-15(21-22-17)11-4-3-5-12(18)8-11/h3-9,15,17H,10H2,1-2H3/t15-,17+/m0/s1. The highest BCUT2D eigenvalue weighted by Gasteiger charge is 2.32. The van der Waals surface area contributed by atoms with E-state index in [1.807, 2.05) is 42.5 Å². The van der Waals surface area contributed by atoms with Crippen LogP contribution in [-0.4, -0.2) is 14.2 Å². The van der Waals surface area contributed by atoms with Crippen LogP contribution >= 0.6 is 11.6 Å². The minimum atomic E-state index is -0.190. The summed E-state index contributed by atoms with van der Waals surface area (Å²) in [6.45, 7) is 0. The Morgan fingerprint density at radius 3 is 2.55 bits per heavy atom. The van der Waals surface area contributed by atoms with Gasteiger partial charge in [0.25, 0.3) is 0 Å². The second kappa shape index (κ2) is 6.57. The van der Waals surface area contributed by atoms with E-state index in [0.29, 0.717) is 11.4 Å². The van der Waals surface area contributed by atoms with Gasteiger partial charge in [-0.15, -0.1) is 0 Å². The first-order valence-electron chi connectivity index (χ1n) is 7.01. The zero-order chi connectivity index (χ0) is 15.5. The zero-order valence-corrected chi connectivity index (χ0v) is 13.2. The van der Waals surface area contributed by atoms with Gasteiger partial charge >= 0.3 is 0 Å². The molecule has 0 aromatic heterocycles. The van der Waals surface area contributed by atoms with Crippen LogP contribution in [0.2, 0.25) is 5.02 Å². The quantitative estimate of drug-likeness (QED) is 0.778. The van der Waals surface area contributed by atoms with Crippen LogP contribution in [0.4, 0.5) is 0 Å². The van der Waals surface area contributed by atoms with Crippen LogP contribution in [0.1, 0.15) is 29.8 Å². The third kappa shape index (κ3) is 3.04. The number of hydrogen-bond acceptors (Lipinski definition) is 4. The van der Waals surface area contributed by atoms with Gasteiger partial charge in [-0.25, -0.2) is 9.78 Å². The van der Waals surface area contributed by atoms with Crippen LogP contribution in [0.5, 0.6) is 11.5 Å². The molecule has 1 aliphatic heterocycles. The van der Waals surface area contributed by atoms with Crippen molar-refractivity contribution in [3.63, 3.8) is 0 Å². The smallest absolute Gasteiger partial charge is 0.128 e. The molecule has 4 nitrogen and oxygen atoms in total. The minimum Gasteiger partial charge on any atom is -0.497 e. The topological polar surface area (TPSA) is 36.9 Å². The molecular formula is C17H17ClO4. The third-order valence-electron chi connectivity index (χ3n) is 3.72. The Morgan fingerprint density at radius 2 is 1.82 bits per heavy atom. The maximum atomic E-state index is 6.03. The van der Waals surface area contributed by atoms with E-state index < -0.39 is 0 Å². The Kier molecular flexibility index (Phi) is 4.52. The summed E-state index contributed by atoms with van der Waals surface area (Å²) in [6, 6.07) is 13.3. The van der Waals surface area contributed by atoms with Crippen LogP contribution < -0.4 is 9.47 Å².